The number of nitrogens with zero attached hydrogens (tertiary/aromatic N) is 4. The first kappa shape index (κ1) is 17.5. The molecule has 0 aliphatic carbocycles. The molecule has 25 heavy (non-hydrogen) atoms. The molecule has 0 unspecified atom stereocenters. The van der Waals surface area contributed by atoms with Gasteiger partial charge in [-0.2, -0.15) is 16.8 Å². The predicted octanol–water partition coefficient (Wildman–Crippen LogP) is 1.14. The summed E-state index contributed by atoms with van der Waals surface area (Å²) in [5, 5.41) is -0.0783. The second kappa shape index (κ2) is 5.63. The van der Waals surface area contributed by atoms with Gasteiger partial charge >= 0.3 is 10.2 Å². The SMILES string of the molecule is CCn1cc(S(=O)(=O)Nc2ccc3c(c2)N(C)S(=O)(=O)N3C)nc1C. The van der Waals surface area contributed by atoms with Gasteiger partial charge in [0.05, 0.1) is 17.1 Å². The highest BCUT2D eigenvalue weighted by atomic mass is 32.2. The predicted molar refractivity (Wildman–Crippen MR) is 95.6 cm³/mol. The number of benzene rings is 1. The van der Waals surface area contributed by atoms with Crippen LogP contribution in [0.4, 0.5) is 17.1 Å². The molecule has 2 aromatic rings. The van der Waals surface area contributed by atoms with Crippen LogP contribution in [0.15, 0.2) is 29.4 Å². The van der Waals surface area contributed by atoms with Crippen LogP contribution in [0.2, 0.25) is 0 Å². The number of hydrogen-bond donors (Lipinski definition) is 1. The molecule has 0 bridgehead atoms. The van der Waals surface area contributed by atoms with E-state index >= 15 is 0 Å². The first-order valence-corrected chi connectivity index (χ1v) is 10.4. The van der Waals surface area contributed by atoms with Gasteiger partial charge in [-0.1, -0.05) is 0 Å². The molecule has 0 amide bonds. The van der Waals surface area contributed by atoms with Crippen molar-refractivity contribution < 1.29 is 16.8 Å². The van der Waals surface area contributed by atoms with Crippen LogP contribution in [-0.2, 0) is 26.8 Å². The fraction of sp³-hybridized carbons (Fsp3) is 0.357. The Hall–Kier alpha value is -2.27. The zero-order valence-corrected chi connectivity index (χ0v) is 15.9. The molecule has 0 spiro atoms. The van der Waals surface area contributed by atoms with Crippen molar-refractivity contribution >= 4 is 37.3 Å². The van der Waals surface area contributed by atoms with Crippen molar-refractivity contribution in [2.75, 3.05) is 27.4 Å². The summed E-state index contributed by atoms with van der Waals surface area (Å²) in [4.78, 5) is 4.07. The summed E-state index contributed by atoms with van der Waals surface area (Å²) in [7, 11) is -4.61. The molecule has 3 rings (SSSR count). The average Bonchev–Trinajstić information content (AvgIpc) is 3.01. The van der Waals surface area contributed by atoms with E-state index in [0.29, 0.717) is 23.7 Å². The number of aromatic nitrogens is 2. The van der Waals surface area contributed by atoms with Gasteiger partial charge in [0.2, 0.25) is 0 Å². The van der Waals surface area contributed by atoms with Gasteiger partial charge in [-0.25, -0.2) is 4.98 Å². The molecular weight excluding hydrogens is 366 g/mol. The molecule has 9 nitrogen and oxygen atoms in total. The van der Waals surface area contributed by atoms with Crippen molar-refractivity contribution in [2.45, 2.75) is 25.4 Å². The van der Waals surface area contributed by atoms with Crippen LogP contribution in [0.3, 0.4) is 0 Å². The van der Waals surface area contributed by atoms with Gasteiger partial charge in [0.15, 0.2) is 5.03 Å². The molecule has 0 saturated carbocycles. The second-order valence-corrected chi connectivity index (χ2v) is 9.28. The van der Waals surface area contributed by atoms with E-state index in [1.165, 1.54) is 32.4 Å². The lowest BCUT2D eigenvalue weighted by Crippen LogP contribution is -2.32. The molecule has 1 aromatic carbocycles. The minimum atomic E-state index is -3.87. The minimum Gasteiger partial charge on any atom is -0.334 e. The van der Waals surface area contributed by atoms with E-state index in [0.717, 1.165) is 8.61 Å². The molecule has 1 aliphatic heterocycles. The molecule has 1 aromatic heterocycles. The first-order chi connectivity index (χ1) is 11.6. The molecule has 0 fully saturated rings. The quantitative estimate of drug-likeness (QED) is 0.850. The monoisotopic (exact) mass is 385 g/mol. The van der Waals surface area contributed by atoms with Crippen LogP contribution >= 0.6 is 0 Å². The van der Waals surface area contributed by atoms with Gasteiger partial charge in [-0.15, -0.1) is 0 Å². The number of aryl methyl sites for hydroxylation is 2. The van der Waals surface area contributed by atoms with Crippen LogP contribution in [0.25, 0.3) is 0 Å². The summed E-state index contributed by atoms with van der Waals surface area (Å²) in [6.07, 6.45) is 1.47. The molecular formula is C14H19N5O4S2. The molecule has 2 heterocycles. The van der Waals surface area contributed by atoms with E-state index in [1.807, 2.05) is 6.92 Å². The number of sulfonamides is 1. The summed E-state index contributed by atoms with van der Waals surface area (Å²) in [5.74, 6) is 0.601. The second-order valence-electron chi connectivity index (χ2n) is 5.66. The lowest BCUT2D eigenvalue weighted by Gasteiger charge is -2.13. The van der Waals surface area contributed by atoms with Crippen LogP contribution in [0, 0.1) is 6.92 Å². The van der Waals surface area contributed by atoms with Crippen molar-refractivity contribution in [3.8, 4) is 0 Å². The zero-order chi connectivity index (χ0) is 18.6. The van der Waals surface area contributed by atoms with Crippen molar-refractivity contribution in [1.82, 2.24) is 9.55 Å². The van der Waals surface area contributed by atoms with Crippen LogP contribution in [0.5, 0.6) is 0 Å². The Morgan fingerprint density at radius 2 is 1.80 bits per heavy atom. The lowest BCUT2D eigenvalue weighted by atomic mass is 10.2. The van der Waals surface area contributed by atoms with Gasteiger partial charge in [0, 0.05) is 26.8 Å². The average molecular weight is 385 g/mol. The normalized spacial score (nSPS) is 16.2. The summed E-state index contributed by atoms with van der Waals surface area (Å²) >= 11 is 0. The highest BCUT2D eigenvalue weighted by molar-refractivity contribution is 7.94. The highest BCUT2D eigenvalue weighted by Gasteiger charge is 2.35. The minimum absolute atomic E-state index is 0.0783. The van der Waals surface area contributed by atoms with Gasteiger partial charge < -0.3 is 4.57 Å². The third kappa shape index (κ3) is 2.72. The molecule has 136 valence electrons. The number of nitrogens with one attached hydrogen (secondary N) is 1. The molecule has 11 heteroatoms. The molecule has 1 N–H and O–H groups in total. The fourth-order valence-electron chi connectivity index (χ4n) is 2.67. The lowest BCUT2D eigenvalue weighted by molar-refractivity contribution is 0.594. The zero-order valence-electron chi connectivity index (χ0n) is 14.3. The van der Waals surface area contributed by atoms with Gasteiger partial charge in [0.1, 0.15) is 5.82 Å². The maximum absolute atomic E-state index is 12.5. The maximum Gasteiger partial charge on any atom is 0.326 e. The van der Waals surface area contributed by atoms with E-state index in [-0.39, 0.29) is 10.7 Å². The number of fused-ring (bicyclic) bond motifs is 1. The van der Waals surface area contributed by atoms with E-state index < -0.39 is 20.2 Å². The Bertz CT molecular complexity index is 1040. The van der Waals surface area contributed by atoms with E-state index in [1.54, 1.807) is 17.6 Å². The van der Waals surface area contributed by atoms with Crippen LogP contribution in [-0.4, -0.2) is 40.5 Å². The first-order valence-electron chi connectivity index (χ1n) is 7.51. The standard InChI is InChI=1S/C14H19N5O4S2/c1-5-19-9-14(15-10(19)2)24(20,21)16-11-6-7-12-13(8-11)18(4)25(22,23)17(12)3/h6-9,16H,5H2,1-4H3. The number of anilines is 3. The third-order valence-corrected chi connectivity index (χ3v) is 7.20. The number of hydrogen-bond acceptors (Lipinski definition) is 5. The Labute approximate surface area is 147 Å². The Morgan fingerprint density at radius 3 is 2.40 bits per heavy atom. The van der Waals surface area contributed by atoms with Crippen molar-refractivity contribution in [1.29, 1.82) is 0 Å². The summed E-state index contributed by atoms with van der Waals surface area (Å²) in [6, 6.07) is 4.56. The van der Waals surface area contributed by atoms with E-state index in [9.17, 15) is 16.8 Å². The summed E-state index contributed by atoms with van der Waals surface area (Å²) in [5.41, 5.74) is 1.15. The molecule has 0 atom stereocenters. The van der Waals surface area contributed by atoms with Crippen LogP contribution < -0.4 is 13.3 Å². The highest BCUT2D eigenvalue weighted by Crippen LogP contribution is 2.40. The Kier molecular flexibility index (Phi) is 3.95. The number of rotatable bonds is 4. The van der Waals surface area contributed by atoms with E-state index in [2.05, 4.69) is 9.71 Å². The summed E-state index contributed by atoms with van der Waals surface area (Å²) < 4.78 is 55.8. The molecule has 0 saturated heterocycles. The van der Waals surface area contributed by atoms with Crippen molar-refractivity contribution in [2.24, 2.45) is 0 Å². The van der Waals surface area contributed by atoms with Crippen molar-refractivity contribution in [3.05, 3.63) is 30.2 Å². The van der Waals surface area contributed by atoms with Gasteiger partial charge in [-0.05, 0) is 32.0 Å². The smallest absolute Gasteiger partial charge is 0.326 e. The van der Waals surface area contributed by atoms with Gasteiger partial charge in [0.25, 0.3) is 10.0 Å². The topological polar surface area (TPSA) is 105 Å². The van der Waals surface area contributed by atoms with E-state index in [4.69, 9.17) is 0 Å². The molecule has 1 aliphatic rings. The third-order valence-electron chi connectivity index (χ3n) is 4.17. The van der Waals surface area contributed by atoms with Gasteiger partial charge in [-0.3, -0.25) is 13.3 Å². The fourth-order valence-corrected chi connectivity index (χ4v) is 4.90. The largest absolute Gasteiger partial charge is 0.334 e. The van der Waals surface area contributed by atoms with Crippen molar-refractivity contribution in [3.63, 3.8) is 0 Å². The Morgan fingerprint density at radius 1 is 1.16 bits per heavy atom. The van der Waals surface area contributed by atoms with Crippen LogP contribution in [0.1, 0.15) is 12.7 Å². The summed E-state index contributed by atoms with van der Waals surface area (Å²) in [6.45, 7) is 4.24. The number of imidazole rings is 1. The molecule has 0 radical (unpaired) electrons. The Balaban J connectivity index is 1.96. The maximum atomic E-state index is 12.5.